The lowest BCUT2D eigenvalue weighted by atomic mass is 9.93. The van der Waals surface area contributed by atoms with E-state index in [2.05, 4.69) is 0 Å². The Morgan fingerprint density at radius 2 is 1.08 bits per heavy atom. The number of halogens is 4. The van der Waals surface area contributed by atoms with Crippen molar-refractivity contribution in [2.75, 3.05) is 0 Å². The zero-order valence-corrected chi connectivity index (χ0v) is 17.1. The van der Waals surface area contributed by atoms with Gasteiger partial charge in [-0.2, -0.15) is 16.8 Å². The van der Waals surface area contributed by atoms with Gasteiger partial charge in [-0.3, -0.25) is 9.11 Å². The molecule has 26 heavy (non-hydrogen) atoms. The van der Waals surface area contributed by atoms with Crippen molar-refractivity contribution in [3.05, 3.63) is 57.6 Å². The average Bonchev–Trinajstić information content (AvgIpc) is 2.48. The van der Waals surface area contributed by atoms with Gasteiger partial charge in [-0.1, -0.05) is 35.3 Å². The van der Waals surface area contributed by atoms with Gasteiger partial charge in [0, 0.05) is 5.92 Å². The van der Waals surface area contributed by atoms with Crippen LogP contribution in [0.2, 0.25) is 10.0 Å². The van der Waals surface area contributed by atoms with Gasteiger partial charge in [-0.05, 0) is 35.4 Å². The maximum absolute atomic E-state index is 11.4. The minimum absolute atomic E-state index is 0.217. The van der Waals surface area contributed by atoms with E-state index in [1.807, 2.05) is 0 Å². The number of benzene rings is 2. The van der Waals surface area contributed by atoms with E-state index in [1.54, 1.807) is 0 Å². The Labute approximate surface area is 170 Å². The second-order valence-electron chi connectivity index (χ2n) is 5.14. The molecule has 0 aliphatic heterocycles. The highest BCUT2D eigenvalue weighted by Gasteiger charge is 2.27. The van der Waals surface area contributed by atoms with Gasteiger partial charge < -0.3 is 0 Å². The van der Waals surface area contributed by atoms with Crippen LogP contribution >= 0.6 is 46.4 Å². The summed E-state index contributed by atoms with van der Waals surface area (Å²) >= 11 is 23.6. The van der Waals surface area contributed by atoms with E-state index >= 15 is 0 Å². The van der Waals surface area contributed by atoms with Crippen LogP contribution in [0, 0.1) is 0 Å². The van der Waals surface area contributed by atoms with Crippen LogP contribution in [0.25, 0.3) is 0 Å². The Bertz CT molecular complexity index is 970. The summed E-state index contributed by atoms with van der Waals surface area (Å²) in [6.07, 6.45) is 0. The van der Waals surface area contributed by atoms with Gasteiger partial charge in [0.1, 0.15) is 14.6 Å². The molecule has 0 amide bonds. The zero-order chi connectivity index (χ0) is 19.9. The minimum atomic E-state index is -4.61. The lowest BCUT2D eigenvalue weighted by Crippen LogP contribution is -2.12. The molecule has 0 atom stereocenters. The van der Waals surface area contributed by atoms with Crippen molar-refractivity contribution in [3.63, 3.8) is 0 Å². The van der Waals surface area contributed by atoms with E-state index < -0.39 is 40.8 Å². The summed E-state index contributed by atoms with van der Waals surface area (Å²) in [6, 6.07) is 7.43. The molecule has 6 nitrogen and oxygen atoms in total. The summed E-state index contributed by atoms with van der Waals surface area (Å²) in [4.78, 5) is -2.25. The lowest BCUT2D eigenvalue weighted by molar-refractivity contribution is 0.481. The zero-order valence-electron chi connectivity index (χ0n) is 12.5. The highest BCUT2D eigenvalue weighted by Crippen LogP contribution is 2.38. The third-order valence-corrected chi connectivity index (χ3v) is 6.61. The van der Waals surface area contributed by atoms with Gasteiger partial charge in [0.2, 0.25) is 0 Å². The monoisotopic (exact) mass is 478 g/mol. The Balaban J connectivity index is 2.69. The fourth-order valence-corrected chi connectivity index (χ4v) is 4.91. The third kappa shape index (κ3) is 4.82. The van der Waals surface area contributed by atoms with Crippen molar-refractivity contribution in [3.8, 4) is 0 Å². The molecule has 0 aromatic heterocycles. The highest BCUT2D eigenvalue weighted by atomic mass is 35.5. The molecular weight excluding hydrogens is 470 g/mol. The van der Waals surface area contributed by atoms with E-state index in [0.717, 1.165) is 12.1 Å². The normalized spacial score (nSPS) is 12.8. The van der Waals surface area contributed by atoms with Crippen molar-refractivity contribution < 1.29 is 25.9 Å². The van der Waals surface area contributed by atoms with Crippen molar-refractivity contribution in [1.82, 2.24) is 0 Å². The molecule has 0 heterocycles. The molecule has 2 N–H and O–H groups in total. The predicted molar refractivity (Wildman–Crippen MR) is 99.9 cm³/mol. The van der Waals surface area contributed by atoms with E-state index in [-0.39, 0.29) is 21.2 Å². The largest absolute Gasteiger partial charge is 0.296 e. The summed E-state index contributed by atoms with van der Waals surface area (Å²) in [6.45, 7) is 0. The van der Waals surface area contributed by atoms with Crippen molar-refractivity contribution in [2.24, 2.45) is 0 Å². The summed E-state index contributed by atoms with van der Waals surface area (Å²) in [5.74, 6) is -0.908. The number of hydrogen-bond acceptors (Lipinski definition) is 4. The molecule has 12 heteroatoms. The second-order valence-corrected chi connectivity index (χ2v) is 9.90. The topological polar surface area (TPSA) is 109 Å². The first-order valence-corrected chi connectivity index (χ1v) is 11.2. The number of hydrogen-bond donors (Lipinski definition) is 2. The van der Waals surface area contributed by atoms with E-state index in [1.165, 1.54) is 24.3 Å². The first-order valence-electron chi connectivity index (χ1n) is 6.64. The van der Waals surface area contributed by atoms with Crippen LogP contribution in [0.3, 0.4) is 0 Å². The van der Waals surface area contributed by atoms with Crippen LogP contribution < -0.4 is 0 Å². The Hall–Kier alpha value is -0.580. The molecule has 0 saturated carbocycles. The number of alkyl halides is 2. The summed E-state index contributed by atoms with van der Waals surface area (Å²) in [5.41, 5.74) is 0.473. The van der Waals surface area contributed by atoms with Gasteiger partial charge in [-0.25, -0.2) is 0 Å². The molecule has 0 radical (unpaired) electrons. The van der Waals surface area contributed by atoms with Gasteiger partial charge in [0.15, 0.2) is 0 Å². The summed E-state index contributed by atoms with van der Waals surface area (Å²) in [7, 11) is -9.22. The highest BCUT2D eigenvalue weighted by molar-refractivity contribution is 7.86. The molecular formula is C14H10Cl4O6S2. The van der Waals surface area contributed by atoms with Crippen LogP contribution in [0.4, 0.5) is 0 Å². The molecule has 142 valence electrons. The molecule has 0 unspecified atom stereocenters. The minimum Gasteiger partial charge on any atom is -0.282 e. The van der Waals surface area contributed by atoms with Gasteiger partial charge in [0.25, 0.3) is 20.2 Å². The summed E-state index contributed by atoms with van der Waals surface area (Å²) in [5, 5.41) is -0.434. The first-order chi connectivity index (χ1) is 11.8. The third-order valence-electron chi connectivity index (χ3n) is 3.44. The molecule has 0 aliphatic carbocycles. The molecule has 2 aromatic carbocycles. The average molecular weight is 480 g/mol. The quantitative estimate of drug-likeness (QED) is 0.485. The van der Waals surface area contributed by atoms with Crippen molar-refractivity contribution in [1.29, 1.82) is 0 Å². The smallest absolute Gasteiger partial charge is 0.282 e. The molecule has 2 aromatic rings. The van der Waals surface area contributed by atoms with Crippen LogP contribution in [0.1, 0.15) is 17.0 Å². The number of rotatable bonds is 5. The van der Waals surface area contributed by atoms with E-state index in [0.29, 0.717) is 0 Å². The van der Waals surface area contributed by atoms with Crippen LogP contribution in [-0.4, -0.2) is 30.8 Å². The van der Waals surface area contributed by atoms with Crippen LogP contribution in [-0.2, 0) is 20.2 Å². The van der Waals surface area contributed by atoms with Gasteiger partial charge >= 0.3 is 0 Å². The Morgan fingerprint density at radius 3 is 1.35 bits per heavy atom. The molecule has 2 rings (SSSR count). The summed E-state index contributed by atoms with van der Waals surface area (Å²) < 4.78 is 64.3. The molecule has 0 spiro atoms. The standard InChI is InChI=1S/C14H10Cl4O6S2/c15-9-3-1-7(5-11(9)25(19,20)21)13(14(17)18)8-2-4-10(16)12(6-8)26(22,23)24/h1-6,13-14H,(H,19,20,21)(H,22,23,24). The molecule has 0 saturated heterocycles. The fourth-order valence-electron chi connectivity index (χ4n) is 2.31. The second kappa shape index (κ2) is 7.81. The van der Waals surface area contributed by atoms with Crippen LogP contribution in [0.15, 0.2) is 46.2 Å². The maximum Gasteiger partial charge on any atom is 0.296 e. The van der Waals surface area contributed by atoms with Gasteiger partial charge in [-0.15, -0.1) is 23.2 Å². The Kier molecular flexibility index (Phi) is 6.52. The van der Waals surface area contributed by atoms with Gasteiger partial charge in [0.05, 0.1) is 10.0 Å². The van der Waals surface area contributed by atoms with Crippen LogP contribution in [0.5, 0.6) is 0 Å². The fraction of sp³-hybridized carbons (Fsp3) is 0.143. The Morgan fingerprint density at radius 1 is 0.731 bits per heavy atom. The molecule has 0 aliphatic rings. The lowest BCUT2D eigenvalue weighted by Gasteiger charge is -2.20. The van der Waals surface area contributed by atoms with E-state index in [4.69, 9.17) is 46.4 Å². The van der Waals surface area contributed by atoms with Crippen molar-refractivity contribution >= 4 is 66.6 Å². The SMILES string of the molecule is O=S(=O)(O)c1cc(C(c2ccc(Cl)c(S(=O)(=O)O)c2)C(Cl)Cl)ccc1Cl. The predicted octanol–water partition coefficient (Wildman–Crippen LogP) is 4.42. The van der Waals surface area contributed by atoms with Crippen molar-refractivity contribution in [2.45, 2.75) is 20.5 Å². The first kappa shape index (κ1) is 21.7. The van der Waals surface area contributed by atoms with E-state index in [9.17, 15) is 25.9 Å². The molecule has 0 bridgehead atoms. The molecule has 0 fully saturated rings. The maximum atomic E-state index is 11.4.